The summed E-state index contributed by atoms with van der Waals surface area (Å²) in [4.78, 5) is 4.20. The van der Waals surface area contributed by atoms with Crippen LogP contribution in [-0.2, 0) is 30.0 Å². The van der Waals surface area contributed by atoms with Crippen LogP contribution in [0, 0.1) is 11.6 Å². The molecule has 1 heterocycles. The van der Waals surface area contributed by atoms with E-state index >= 15 is 0 Å². The summed E-state index contributed by atoms with van der Waals surface area (Å²) in [7, 11) is 0.347. The Kier molecular flexibility index (Phi) is 7.70. The Bertz CT molecular complexity index is 1520. The van der Waals surface area contributed by atoms with Gasteiger partial charge in [-0.2, -0.15) is 0 Å². The van der Waals surface area contributed by atoms with Crippen molar-refractivity contribution < 1.29 is 26.7 Å². The maximum atomic E-state index is 14.5. The van der Waals surface area contributed by atoms with Gasteiger partial charge < -0.3 is 14.0 Å². The van der Waals surface area contributed by atoms with E-state index in [2.05, 4.69) is 4.98 Å². The number of halogens is 3. The molecule has 11 heteroatoms. The molecule has 37 heavy (non-hydrogen) atoms. The molecule has 0 radical (unpaired) electrons. The van der Waals surface area contributed by atoms with Crippen molar-refractivity contribution >= 4 is 27.3 Å². The number of nitrogens with zero attached hydrogens (tertiary/aromatic N) is 3. The lowest BCUT2D eigenvalue weighted by molar-refractivity contribution is 0.354. The molecular weight excluding hydrogens is 524 g/mol. The predicted molar refractivity (Wildman–Crippen MR) is 137 cm³/mol. The predicted octanol–water partition coefficient (Wildman–Crippen LogP) is 5.36. The molecule has 0 saturated heterocycles. The van der Waals surface area contributed by atoms with E-state index in [4.69, 9.17) is 21.1 Å². The number of hydrogen-bond acceptors (Lipinski definition) is 5. The third-order valence-corrected chi connectivity index (χ3v) is 7.88. The van der Waals surface area contributed by atoms with E-state index in [1.165, 1.54) is 56.7 Å². The highest BCUT2D eigenvalue weighted by Gasteiger charge is 2.30. The van der Waals surface area contributed by atoms with Crippen LogP contribution in [0.2, 0.25) is 5.02 Å². The summed E-state index contributed by atoms with van der Waals surface area (Å²) < 4.78 is 70.6. The standard InChI is InChI=1S/C26H24ClF2N3O4S/c1-31-12-11-30-26(31)16-32(37(33,34)19-8-10-24(35-2)25(15-19)36-3)23-9-7-18(27)13-17(23)14-20-21(28)5-4-6-22(20)29/h4-13,15H,14,16H2,1-3H3. The highest BCUT2D eigenvalue weighted by atomic mass is 35.5. The molecule has 0 bridgehead atoms. The third-order valence-electron chi connectivity index (χ3n) is 5.89. The number of aryl methyl sites for hydroxylation is 1. The highest BCUT2D eigenvalue weighted by molar-refractivity contribution is 7.92. The van der Waals surface area contributed by atoms with Crippen LogP contribution in [0.25, 0.3) is 0 Å². The molecule has 0 amide bonds. The molecule has 0 fully saturated rings. The van der Waals surface area contributed by atoms with Crippen molar-refractivity contribution in [2.45, 2.75) is 17.9 Å². The molecule has 0 atom stereocenters. The zero-order valence-corrected chi connectivity index (χ0v) is 21.9. The number of ether oxygens (including phenoxy) is 2. The smallest absolute Gasteiger partial charge is 0.264 e. The van der Waals surface area contributed by atoms with Crippen molar-refractivity contribution in [2.24, 2.45) is 7.05 Å². The molecule has 0 aliphatic heterocycles. The number of rotatable bonds is 9. The summed E-state index contributed by atoms with van der Waals surface area (Å²) in [5, 5.41) is 0.288. The number of methoxy groups -OCH3 is 2. The topological polar surface area (TPSA) is 73.7 Å². The van der Waals surface area contributed by atoms with Gasteiger partial charge in [-0.05, 0) is 48.0 Å². The lowest BCUT2D eigenvalue weighted by Crippen LogP contribution is -2.32. The van der Waals surface area contributed by atoms with Gasteiger partial charge in [-0.1, -0.05) is 17.7 Å². The van der Waals surface area contributed by atoms with Gasteiger partial charge in [-0.25, -0.2) is 22.2 Å². The summed E-state index contributed by atoms with van der Waals surface area (Å²) in [5.41, 5.74) is 0.311. The maximum absolute atomic E-state index is 14.5. The number of imidazole rings is 1. The maximum Gasteiger partial charge on any atom is 0.264 e. The van der Waals surface area contributed by atoms with E-state index in [9.17, 15) is 17.2 Å². The number of sulfonamides is 1. The minimum absolute atomic E-state index is 0.0719. The van der Waals surface area contributed by atoms with Gasteiger partial charge in [-0.3, -0.25) is 4.31 Å². The minimum atomic E-state index is -4.24. The second-order valence-corrected chi connectivity index (χ2v) is 10.4. The molecule has 1 aromatic heterocycles. The zero-order valence-electron chi connectivity index (χ0n) is 20.3. The van der Waals surface area contributed by atoms with Gasteiger partial charge in [0, 0.05) is 42.5 Å². The molecule has 4 aromatic rings. The summed E-state index contributed by atoms with van der Waals surface area (Å²) in [6.07, 6.45) is 3.01. The van der Waals surface area contributed by atoms with Crippen molar-refractivity contribution in [3.05, 3.63) is 101 Å². The van der Waals surface area contributed by atoms with Gasteiger partial charge in [0.15, 0.2) is 11.5 Å². The van der Waals surface area contributed by atoms with E-state index in [1.807, 2.05) is 0 Å². The Labute approximate surface area is 218 Å². The lowest BCUT2D eigenvalue weighted by Gasteiger charge is -2.27. The summed E-state index contributed by atoms with van der Waals surface area (Å²) in [6, 6.07) is 12.3. The first kappa shape index (κ1) is 26.4. The van der Waals surface area contributed by atoms with Crippen molar-refractivity contribution in [1.82, 2.24) is 9.55 Å². The van der Waals surface area contributed by atoms with Gasteiger partial charge >= 0.3 is 0 Å². The SMILES string of the molecule is COc1ccc(S(=O)(=O)N(Cc2nccn2C)c2ccc(Cl)cc2Cc2c(F)cccc2F)cc1OC. The first-order valence-corrected chi connectivity index (χ1v) is 12.9. The van der Waals surface area contributed by atoms with Crippen molar-refractivity contribution in [2.75, 3.05) is 18.5 Å². The van der Waals surface area contributed by atoms with Gasteiger partial charge in [-0.15, -0.1) is 0 Å². The molecule has 0 saturated carbocycles. The van der Waals surface area contributed by atoms with Gasteiger partial charge in [0.2, 0.25) is 0 Å². The molecular formula is C26H24ClF2N3O4S. The zero-order chi connectivity index (χ0) is 26.7. The molecule has 0 spiro atoms. The quantitative estimate of drug-likeness (QED) is 0.282. The number of anilines is 1. The molecule has 194 valence electrons. The van der Waals surface area contributed by atoms with Crippen LogP contribution >= 0.6 is 11.6 Å². The Morgan fingerprint density at radius 3 is 2.32 bits per heavy atom. The molecule has 3 aromatic carbocycles. The second kappa shape index (κ2) is 10.8. The second-order valence-electron chi connectivity index (χ2n) is 8.13. The van der Waals surface area contributed by atoms with E-state index < -0.39 is 21.7 Å². The van der Waals surface area contributed by atoms with Crippen molar-refractivity contribution in [3.8, 4) is 11.5 Å². The fourth-order valence-electron chi connectivity index (χ4n) is 3.91. The molecule has 0 aliphatic carbocycles. The average molecular weight is 548 g/mol. The monoisotopic (exact) mass is 547 g/mol. The van der Waals surface area contributed by atoms with E-state index in [0.29, 0.717) is 17.1 Å². The summed E-state index contributed by atoms with van der Waals surface area (Å²) in [6.45, 7) is -0.158. The van der Waals surface area contributed by atoms with Crippen LogP contribution in [-0.4, -0.2) is 32.2 Å². The van der Waals surface area contributed by atoms with Crippen molar-refractivity contribution in [3.63, 3.8) is 0 Å². The fourth-order valence-corrected chi connectivity index (χ4v) is 5.58. The lowest BCUT2D eigenvalue weighted by atomic mass is 10.0. The van der Waals surface area contributed by atoms with Gasteiger partial charge in [0.1, 0.15) is 17.5 Å². The van der Waals surface area contributed by atoms with E-state index in [1.54, 1.807) is 24.0 Å². The fraction of sp³-hybridized carbons (Fsp3) is 0.192. The van der Waals surface area contributed by atoms with Gasteiger partial charge in [0.25, 0.3) is 10.0 Å². The number of hydrogen-bond donors (Lipinski definition) is 0. The van der Waals surface area contributed by atoms with Crippen LogP contribution in [0.4, 0.5) is 14.5 Å². The molecule has 0 unspecified atom stereocenters. The molecule has 0 N–H and O–H groups in total. The Morgan fingerprint density at radius 1 is 1.00 bits per heavy atom. The Morgan fingerprint density at radius 2 is 1.70 bits per heavy atom. The minimum Gasteiger partial charge on any atom is -0.493 e. The van der Waals surface area contributed by atoms with Crippen molar-refractivity contribution in [1.29, 1.82) is 0 Å². The first-order chi connectivity index (χ1) is 17.6. The Balaban J connectivity index is 1.90. The largest absolute Gasteiger partial charge is 0.493 e. The number of aromatic nitrogens is 2. The average Bonchev–Trinajstić information content (AvgIpc) is 3.29. The summed E-state index contributed by atoms with van der Waals surface area (Å²) in [5.74, 6) is -0.458. The van der Waals surface area contributed by atoms with Crippen LogP contribution in [0.1, 0.15) is 17.0 Å². The molecule has 7 nitrogen and oxygen atoms in total. The van der Waals surface area contributed by atoms with Crippen LogP contribution in [0.15, 0.2) is 71.9 Å². The Hall–Kier alpha value is -3.63. The molecule has 4 rings (SSSR count). The van der Waals surface area contributed by atoms with E-state index in [-0.39, 0.29) is 39.9 Å². The van der Waals surface area contributed by atoms with E-state index in [0.717, 1.165) is 16.4 Å². The highest BCUT2D eigenvalue weighted by Crippen LogP contribution is 2.36. The number of benzene rings is 3. The normalized spacial score (nSPS) is 11.4. The first-order valence-electron chi connectivity index (χ1n) is 11.1. The third kappa shape index (κ3) is 5.40. The van der Waals surface area contributed by atoms with Crippen LogP contribution in [0.3, 0.4) is 0 Å². The van der Waals surface area contributed by atoms with Gasteiger partial charge in [0.05, 0.1) is 31.3 Å². The van der Waals surface area contributed by atoms with Crippen LogP contribution < -0.4 is 13.8 Å². The van der Waals surface area contributed by atoms with Crippen LogP contribution in [0.5, 0.6) is 11.5 Å². The molecule has 0 aliphatic rings. The summed E-state index contributed by atoms with van der Waals surface area (Å²) >= 11 is 6.24.